The number of amides is 2. The molecule has 0 spiro atoms. The molecule has 2 rings (SSSR count). The summed E-state index contributed by atoms with van der Waals surface area (Å²) in [6.07, 6.45) is 22.7. The molecule has 2 amide bonds. The number of fused-ring (bicyclic) bond motifs is 1. The van der Waals surface area contributed by atoms with E-state index in [1.807, 2.05) is 23.9 Å². The third kappa shape index (κ3) is 12.4. The van der Waals surface area contributed by atoms with Gasteiger partial charge >= 0.3 is 5.97 Å². The SMILES string of the molecule is CCCCC/C=C\C/C=C\CCCCCCCC(=O)Nc1sc2c(c1C(=O)OCC)CCN(C(=O)CN(C)C)C2. The lowest BCUT2D eigenvalue weighted by Gasteiger charge is -2.28. The number of nitrogens with one attached hydrogen (secondary N) is 1. The average molecular weight is 574 g/mol. The normalized spacial score (nSPS) is 13.4. The summed E-state index contributed by atoms with van der Waals surface area (Å²) in [6, 6.07) is 0. The average Bonchev–Trinajstić information content (AvgIpc) is 3.27. The molecule has 7 nitrogen and oxygen atoms in total. The first-order chi connectivity index (χ1) is 19.4. The van der Waals surface area contributed by atoms with Crippen molar-refractivity contribution in [3.63, 3.8) is 0 Å². The third-order valence-electron chi connectivity index (χ3n) is 6.95. The molecule has 8 heteroatoms. The highest BCUT2D eigenvalue weighted by atomic mass is 32.1. The summed E-state index contributed by atoms with van der Waals surface area (Å²) in [5.74, 6) is -0.413. The van der Waals surface area contributed by atoms with Gasteiger partial charge in [-0.25, -0.2) is 4.79 Å². The number of nitrogens with zero attached hydrogens (tertiary/aromatic N) is 2. The van der Waals surface area contributed by atoms with Crippen LogP contribution in [0.1, 0.15) is 112 Å². The lowest BCUT2D eigenvalue weighted by atomic mass is 10.0. The first-order valence-electron chi connectivity index (χ1n) is 15.2. The molecule has 1 N–H and O–H groups in total. The van der Waals surface area contributed by atoms with E-state index in [9.17, 15) is 14.4 Å². The fourth-order valence-electron chi connectivity index (χ4n) is 4.78. The molecule has 1 aromatic heterocycles. The maximum Gasteiger partial charge on any atom is 0.341 e. The molecule has 1 aromatic rings. The van der Waals surface area contributed by atoms with Crippen LogP contribution in [0.3, 0.4) is 0 Å². The van der Waals surface area contributed by atoms with Gasteiger partial charge in [-0.05, 0) is 71.5 Å². The predicted molar refractivity (Wildman–Crippen MR) is 166 cm³/mol. The number of ether oxygens (including phenoxy) is 1. The quantitative estimate of drug-likeness (QED) is 0.108. The van der Waals surface area contributed by atoms with Crippen molar-refractivity contribution in [1.82, 2.24) is 9.80 Å². The van der Waals surface area contributed by atoms with Gasteiger partial charge in [-0.15, -0.1) is 11.3 Å². The lowest BCUT2D eigenvalue weighted by Crippen LogP contribution is -2.40. The number of hydrogen-bond acceptors (Lipinski definition) is 6. The zero-order chi connectivity index (χ0) is 29.2. The van der Waals surface area contributed by atoms with Gasteiger partial charge in [-0.3, -0.25) is 9.59 Å². The topological polar surface area (TPSA) is 79.0 Å². The molecule has 0 atom stereocenters. The summed E-state index contributed by atoms with van der Waals surface area (Å²) in [7, 11) is 3.75. The van der Waals surface area contributed by atoms with Gasteiger partial charge < -0.3 is 19.9 Å². The molecule has 2 heterocycles. The highest BCUT2D eigenvalue weighted by molar-refractivity contribution is 7.17. The van der Waals surface area contributed by atoms with Gasteiger partial charge in [0, 0.05) is 17.8 Å². The fraction of sp³-hybridized carbons (Fsp3) is 0.656. The van der Waals surface area contributed by atoms with E-state index in [2.05, 4.69) is 36.5 Å². The molecular formula is C32H51N3O4S. The van der Waals surface area contributed by atoms with Crippen LogP contribution in [0.2, 0.25) is 0 Å². The van der Waals surface area contributed by atoms with Crippen LogP contribution >= 0.6 is 11.3 Å². The van der Waals surface area contributed by atoms with E-state index in [1.54, 1.807) is 6.92 Å². The highest BCUT2D eigenvalue weighted by Crippen LogP contribution is 2.38. The molecule has 0 unspecified atom stereocenters. The number of anilines is 1. The van der Waals surface area contributed by atoms with E-state index in [-0.39, 0.29) is 18.4 Å². The van der Waals surface area contributed by atoms with Gasteiger partial charge in [0.1, 0.15) is 5.00 Å². The van der Waals surface area contributed by atoms with Crippen molar-refractivity contribution < 1.29 is 19.1 Å². The Morgan fingerprint density at radius 3 is 2.30 bits per heavy atom. The Morgan fingerprint density at radius 2 is 1.62 bits per heavy atom. The van der Waals surface area contributed by atoms with Crippen molar-refractivity contribution in [3.05, 3.63) is 40.3 Å². The second-order valence-electron chi connectivity index (χ2n) is 10.8. The zero-order valence-corrected chi connectivity index (χ0v) is 26.1. The first-order valence-corrected chi connectivity index (χ1v) is 16.0. The maximum atomic E-state index is 12.8. The number of carbonyl (C=O) groups is 3. The van der Waals surface area contributed by atoms with E-state index in [4.69, 9.17) is 4.74 Å². The van der Waals surface area contributed by atoms with E-state index < -0.39 is 5.97 Å². The van der Waals surface area contributed by atoms with Gasteiger partial charge in [-0.2, -0.15) is 0 Å². The minimum absolute atomic E-state index is 0.0636. The molecule has 0 saturated heterocycles. The summed E-state index contributed by atoms with van der Waals surface area (Å²) < 4.78 is 5.31. The van der Waals surface area contributed by atoms with Crippen molar-refractivity contribution in [1.29, 1.82) is 0 Å². The Morgan fingerprint density at radius 1 is 0.950 bits per heavy atom. The van der Waals surface area contributed by atoms with E-state index in [0.717, 1.165) is 42.5 Å². The minimum atomic E-state index is -0.402. The number of rotatable bonds is 19. The number of thiophene rings is 1. The molecule has 0 radical (unpaired) electrons. The van der Waals surface area contributed by atoms with Crippen LogP contribution in [0, 0.1) is 0 Å². The first kappa shape index (κ1) is 33.8. The molecule has 0 bridgehead atoms. The zero-order valence-electron chi connectivity index (χ0n) is 25.3. The van der Waals surface area contributed by atoms with Crippen molar-refractivity contribution in [3.8, 4) is 0 Å². The van der Waals surface area contributed by atoms with E-state index in [0.29, 0.717) is 43.0 Å². The van der Waals surface area contributed by atoms with Crippen molar-refractivity contribution in [2.24, 2.45) is 0 Å². The number of unbranched alkanes of at least 4 members (excludes halogenated alkanes) is 8. The van der Waals surface area contributed by atoms with Gasteiger partial charge in [0.05, 0.1) is 25.3 Å². The second kappa shape index (κ2) is 19.6. The summed E-state index contributed by atoms with van der Waals surface area (Å²) in [5, 5.41) is 3.54. The van der Waals surface area contributed by atoms with Crippen molar-refractivity contribution in [2.75, 3.05) is 39.1 Å². The molecule has 1 aliphatic rings. The smallest absolute Gasteiger partial charge is 0.341 e. The predicted octanol–water partition coefficient (Wildman–Crippen LogP) is 7.12. The number of hydrogen-bond donors (Lipinski definition) is 1. The van der Waals surface area contributed by atoms with Gasteiger partial charge in [-0.1, -0.05) is 63.3 Å². The van der Waals surface area contributed by atoms with Crippen LogP contribution in [0.15, 0.2) is 24.3 Å². The van der Waals surface area contributed by atoms with Crippen LogP contribution in [0.5, 0.6) is 0 Å². The highest BCUT2D eigenvalue weighted by Gasteiger charge is 2.31. The Kier molecular flexibility index (Phi) is 16.5. The van der Waals surface area contributed by atoms with E-state index >= 15 is 0 Å². The fourth-order valence-corrected chi connectivity index (χ4v) is 6.05. The Hall–Kier alpha value is -2.45. The van der Waals surface area contributed by atoms with Crippen LogP contribution in [-0.2, 0) is 27.3 Å². The Bertz CT molecular complexity index is 983. The van der Waals surface area contributed by atoms with Crippen molar-refractivity contribution >= 4 is 34.1 Å². The molecule has 224 valence electrons. The lowest BCUT2D eigenvalue weighted by molar-refractivity contribution is -0.132. The van der Waals surface area contributed by atoms with Gasteiger partial charge in [0.2, 0.25) is 11.8 Å². The number of allylic oxidation sites excluding steroid dienone is 4. The summed E-state index contributed by atoms with van der Waals surface area (Å²) in [4.78, 5) is 42.7. The van der Waals surface area contributed by atoms with Crippen molar-refractivity contribution in [2.45, 2.75) is 104 Å². The summed E-state index contributed by atoms with van der Waals surface area (Å²) in [5.41, 5.74) is 1.37. The van der Waals surface area contributed by atoms with Crippen LogP contribution < -0.4 is 5.32 Å². The van der Waals surface area contributed by atoms with Crippen LogP contribution in [0.25, 0.3) is 0 Å². The standard InChI is InChI=1S/C32H51N3O4S/c1-5-7-8-9-10-11-12-13-14-15-16-17-18-19-20-21-28(36)33-31-30(32(38)39-6-2)26-22-23-35(24-27(26)40-31)29(37)25-34(3)4/h10-11,13-14H,5-9,12,15-25H2,1-4H3,(H,33,36)/b11-10-,14-13-. The van der Waals surface area contributed by atoms with Crippen LogP contribution in [0.4, 0.5) is 5.00 Å². The molecule has 1 aliphatic heterocycles. The number of likely N-dealkylation sites (N-methyl/N-ethyl adjacent to an activating group) is 1. The Balaban J connectivity index is 1.74. The number of esters is 1. The molecule has 0 aliphatic carbocycles. The molecular weight excluding hydrogens is 522 g/mol. The molecule has 0 fully saturated rings. The minimum Gasteiger partial charge on any atom is -0.462 e. The second-order valence-corrected chi connectivity index (χ2v) is 11.9. The molecule has 40 heavy (non-hydrogen) atoms. The van der Waals surface area contributed by atoms with Gasteiger partial charge in [0.15, 0.2) is 0 Å². The summed E-state index contributed by atoms with van der Waals surface area (Å²) in [6.45, 7) is 5.65. The van der Waals surface area contributed by atoms with Gasteiger partial charge in [0.25, 0.3) is 0 Å². The molecule has 0 aromatic carbocycles. The number of carbonyl (C=O) groups excluding carboxylic acids is 3. The largest absolute Gasteiger partial charge is 0.462 e. The van der Waals surface area contributed by atoms with E-state index in [1.165, 1.54) is 49.9 Å². The monoisotopic (exact) mass is 573 g/mol. The molecule has 0 saturated carbocycles. The Labute approximate surface area is 246 Å². The van der Waals surface area contributed by atoms with Crippen LogP contribution in [-0.4, -0.2) is 61.4 Å². The maximum absolute atomic E-state index is 12.8. The third-order valence-corrected chi connectivity index (χ3v) is 8.08. The summed E-state index contributed by atoms with van der Waals surface area (Å²) >= 11 is 1.40.